The molecule has 7 rings (SSSR count). The van der Waals surface area contributed by atoms with E-state index in [2.05, 4.69) is 42.2 Å². The molecule has 4 aromatic rings. The number of nitrogen functional groups attached to an aromatic ring is 2. The van der Waals surface area contributed by atoms with Gasteiger partial charge in [-0.25, -0.2) is 19.1 Å². The SMILES string of the molecule is C#S[P@]1(=O)OC[C@H]2O[C@@H](n3cnc4c(=O)[nH]c(N)nc43)[C@H](O)[C@@H]2O[P@](=O)(S)OC[C@H]2O[C@@H](n3cnc4c(=O)[nH]c(N)nc43)[C@H](O)[C@@H]2O1. The van der Waals surface area contributed by atoms with Crippen LogP contribution in [0.15, 0.2) is 22.2 Å². The number of thiol groups is 1. The van der Waals surface area contributed by atoms with Crippen molar-refractivity contribution in [2.75, 3.05) is 24.7 Å². The molecule has 26 heteroatoms. The first kappa shape index (κ1) is 32.3. The number of fused-ring (bicyclic) bond motifs is 4. The Labute approximate surface area is 269 Å². The number of hydrogen-bond acceptors (Lipinski definition) is 18. The van der Waals surface area contributed by atoms with Crippen LogP contribution in [-0.2, 0) is 36.7 Å². The van der Waals surface area contributed by atoms with Gasteiger partial charge < -0.3 is 31.2 Å². The summed E-state index contributed by atoms with van der Waals surface area (Å²) in [5, 5.41) is 22.6. The van der Waals surface area contributed by atoms with Gasteiger partial charge in [0, 0.05) is 0 Å². The van der Waals surface area contributed by atoms with Gasteiger partial charge in [0.15, 0.2) is 34.8 Å². The fourth-order valence-electron chi connectivity index (χ4n) is 5.44. The highest BCUT2D eigenvalue weighted by Crippen LogP contribution is 2.61. The van der Waals surface area contributed by atoms with E-state index in [9.17, 15) is 28.9 Å². The Morgan fingerprint density at radius 1 is 0.872 bits per heavy atom. The third-order valence-corrected chi connectivity index (χ3v) is 11.7. The number of aromatic nitrogens is 8. The second-order valence-electron chi connectivity index (χ2n) is 10.4. The van der Waals surface area contributed by atoms with Crippen LogP contribution < -0.4 is 22.6 Å². The van der Waals surface area contributed by atoms with Crippen LogP contribution in [0.4, 0.5) is 11.9 Å². The number of imidazole rings is 2. The van der Waals surface area contributed by atoms with Crippen molar-refractivity contribution in [1.29, 1.82) is 0 Å². The Kier molecular flexibility index (Phi) is 8.08. The largest absolute Gasteiger partial charge is 0.418 e. The molecule has 0 aliphatic carbocycles. The van der Waals surface area contributed by atoms with E-state index >= 15 is 0 Å². The Balaban J connectivity index is 1.20. The molecule has 0 radical (unpaired) electrons. The lowest BCUT2D eigenvalue weighted by atomic mass is 10.1. The number of H-pyrrole nitrogens is 2. The highest BCUT2D eigenvalue weighted by molar-refractivity contribution is 8.48. The van der Waals surface area contributed by atoms with E-state index in [1.165, 1.54) is 9.13 Å². The van der Waals surface area contributed by atoms with Crippen LogP contribution in [0.2, 0.25) is 0 Å². The summed E-state index contributed by atoms with van der Waals surface area (Å²) in [5.74, 6) is -0.470. The molecule has 3 aliphatic heterocycles. The molecule has 47 heavy (non-hydrogen) atoms. The monoisotopic (exact) mass is 734 g/mol. The number of ether oxygens (including phenoxy) is 2. The fraction of sp³-hybridized carbons (Fsp3) is 0.476. The zero-order chi connectivity index (χ0) is 33.4. The number of nitrogens with one attached hydrogen (secondary N) is 2. The third-order valence-electron chi connectivity index (χ3n) is 7.50. The van der Waals surface area contributed by atoms with Gasteiger partial charge in [-0.15, -0.1) is 0 Å². The van der Waals surface area contributed by atoms with Crippen molar-refractivity contribution in [3.63, 3.8) is 0 Å². The first-order chi connectivity index (χ1) is 22.3. The van der Waals surface area contributed by atoms with E-state index in [-0.39, 0.29) is 45.0 Å². The summed E-state index contributed by atoms with van der Waals surface area (Å²) >= 11 is 4.05. The van der Waals surface area contributed by atoms with Gasteiger partial charge in [0.2, 0.25) is 11.9 Å². The number of anilines is 2. The molecule has 7 heterocycles. The Morgan fingerprint density at radius 2 is 1.34 bits per heavy atom. The third kappa shape index (κ3) is 5.70. The molecule has 8 N–H and O–H groups in total. The van der Waals surface area contributed by atoms with E-state index in [0.717, 1.165) is 12.7 Å². The second-order valence-corrected chi connectivity index (χ2v) is 16.8. The van der Waals surface area contributed by atoms with Crippen LogP contribution >= 0.6 is 36.6 Å². The van der Waals surface area contributed by atoms with Crippen LogP contribution in [0.25, 0.3) is 22.3 Å². The van der Waals surface area contributed by atoms with Crippen molar-refractivity contribution >= 4 is 70.9 Å². The van der Waals surface area contributed by atoms with Crippen molar-refractivity contribution in [3.05, 3.63) is 33.4 Å². The van der Waals surface area contributed by atoms with Crippen molar-refractivity contribution in [3.8, 4) is 5.69 Å². The van der Waals surface area contributed by atoms with Gasteiger partial charge in [0.05, 0.1) is 25.9 Å². The number of rotatable bonds is 2. The molecule has 3 aliphatic rings. The number of aromatic amines is 2. The number of hydrogen-bond donors (Lipinski definition) is 7. The van der Waals surface area contributed by atoms with Crippen LogP contribution in [0.3, 0.4) is 0 Å². The Bertz CT molecular complexity index is 2150. The second kappa shape index (κ2) is 11.7. The highest BCUT2D eigenvalue weighted by Gasteiger charge is 2.53. The summed E-state index contributed by atoms with van der Waals surface area (Å²) in [6.45, 7) is -10.0. The molecule has 4 aromatic heterocycles. The van der Waals surface area contributed by atoms with Gasteiger partial charge in [-0.05, 0) is 10.8 Å². The summed E-state index contributed by atoms with van der Waals surface area (Å²) in [5.41, 5.74) is 15.4. The van der Waals surface area contributed by atoms with Crippen LogP contribution in [0.1, 0.15) is 12.5 Å². The molecule has 3 saturated heterocycles. The molecule has 22 nitrogen and oxygen atoms in total. The predicted molar refractivity (Wildman–Crippen MR) is 163 cm³/mol. The minimum Gasteiger partial charge on any atom is -0.386 e. The summed E-state index contributed by atoms with van der Waals surface area (Å²) in [6, 6.07) is 0. The van der Waals surface area contributed by atoms with Crippen LogP contribution in [-0.4, -0.2) is 99.1 Å². The molecule has 0 saturated carbocycles. The zero-order valence-electron chi connectivity index (χ0n) is 23.3. The van der Waals surface area contributed by atoms with Gasteiger partial charge in [0.1, 0.15) is 36.6 Å². The first-order valence-corrected chi connectivity index (χ1v) is 19.1. The summed E-state index contributed by atoms with van der Waals surface area (Å²) in [7, 11) is 0.197. The molecule has 10 atom stereocenters. The molecule has 252 valence electrons. The van der Waals surface area contributed by atoms with Gasteiger partial charge >= 0.3 is 13.6 Å². The average molecular weight is 735 g/mol. The molecule has 0 spiro atoms. The number of aliphatic hydroxyl groups excluding tert-OH is 2. The molecular formula is C21H24N10O12P2S2. The molecular weight excluding hydrogens is 710 g/mol. The van der Waals surface area contributed by atoms with Gasteiger partial charge in [-0.3, -0.25) is 46.8 Å². The smallest absolute Gasteiger partial charge is 0.386 e. The molecule has 0 aromatic carbocycles. The summed E-state index contributed by atoms with van der Waals surface area (Å²) in [6.07, 6.45) is -9.32. The number of nitrogens with zero attached hydrogens (tertiary/aromatic N) is 6. The maximum atomic E-state index is 13.8. The fourth-order valence-corrected chi connectivity index (χ4v) is 8.80. The lowest BCUT2D eigenvalue weighted by Gasteiger charge is -2.28. The maximum Gasteiger partial charge on any atom is 0.418 e. The van der Waals surface area contributed by atoms with Gasteiger partial charge in [0.25, 0.3) is 11.1 Å². The van der Waals surface area contributed by atoms with Gasteiger partial charge in [-0.1, -0.05) is 17.9 Å². The topological polar surface area (TPSA) is 309 Å². The van der Waals surface area contributed by atoms with E-state index in [0.29, 0.717) is 0 Å². The molecule has 3 fully saturated rings. The normalized spacial score (nSPS) is 36.5. The average Bonchev–Trinajstić information content (AvgIpc) is 3.76. The highest BCUT2D eigenvalue weighted by atomic mass is 32.7. The van der Waals surface area contributed by atoms with E-state index in [1.54, 1.807) is 0 Å². The van der Waals surface area contributed by atoms with Crippen molar-refractivity contribution in [2.45, 2.75) is 49.1 Å². The summed E-state index contributed by atoms with van der Waals surface area (Å²) < 4.78 is 63.9. The molecule has 0 amide bonds. The van der Waals surface area contributed by atoms with E-state index < -0.39 is 87.0 Å². The van der Waals surface area contributed by atoms with E-state index in [1.807, 2.05) is 0 Å². The minimum absolute atomic E-state index is 0.0490. The molecule has 0 bridgehead atoms. The molecule has 0 unspecified atom stereocenters. The first-order valence-electron chi connectivity index (χ1n) is 13.4. The van der Waals surface area contributed by atoms with Crippen LogP contribution in [0, 0.1) is 5.69 Å². The minimum atomic E-state index is -4.38. The standard InChI is InChI=1S/C21H24N10O12P2S2/c1-47-45(37)39-3-7-12(10(32)18(41-7)30-4-24-8-14(30)26-20(22)28-16(8)34)42-44(36,46)38-2-6-13(43-45)11(33)19(40-6)31-5-25-9-15(31)27-21(23)29-17(9)35/h1,4-7,10-13,18-19,32-33H,2-3H2,(H,36,46)(H3,22,26,28,34)(H3,23,27,29,35)/t6-,7-,10-,11-,12-,13-,18-,19-,44-,45-/m1/s1. The van der Waals surface area contributed by atoms with E-state index in [4.69, 9.17) is 44.7 Å². The number of aliphatic hydroxyl groups is 2. The van der Waals surface area contributed by atoms with Crippen molar-refractivity contribution < 1.29 is 46.9 Å². The van der Waals surface area contributed by atoms with Crippen molar-refractivity contribution in [2.24, 2.45) is 0 Å². The Morgan fingerprint density at radius 3 is 1.83 bits per heavy atom. The predicted octanol–water partition coefficient (Wildman–Crippen LogP) is -0.781. The quantitative estimate of drug-likeness (QED) is 0.0981. The van der Waals surface area contributed by atoms with Crippen LogP contribution in [0.5, 0.6) is 0 Å². The Hall–Kier alpha value is -3.21. The lowest BCUT2D eigenvalue weighted by Crippen LogP contribution is -2.38. The summed E-state index contributed by atoms with van der Waals surface area (Å²) in [4.78, 5) is 45.3. The zero-order valence-corrected chi connectivity index (χ0v) is 26.8. The van der Waals surface area contributed by atoms with Crippen molar-refractivity contribution in [1.82, 2.24) is 39.0 Å². The van der Waals surface area contributed by atoms with Gasteiger partial charge in [-0.2, -0.15) is 9.97 Å². The lowest BCUT2D eigenvalue weighted by molar-refractivity contribution is -0.0561. The maximum absolute atomic E-state index is 13.8. The number of nitrogens with two attached hydrogens (primary N) is 2.